The lowest BCUT2D eigenvalue weighted by molar-refractivity contribution is 0.188. The molecule has 1 aliphatic heterocycles. The van der Waals surface area contributed by atoms with Gasteiger partial charge in [-0.2, -0.15) is 0 Å². The van der Waals surface area contributed by atoms with Crippen LogP contribution >= 0.6 is 12.4 Å². The van der Waals surface area contributed by atoms with Gasteiger partial charge in [0.15, 0.2) is 0 Å². The number of hydrogen-bond donors (Lipinski definition) is 1. The SMILES string of the molecule is COc1ccc2oc(CN3CCN[C@H](C)C3)cc2c1.Cl. The highest BCUT2D eigenvalue weighted by Gasteiger charge is 2.17. The van der Waals surface area contributed by atoms with Gasteiger partial charge in [0.05, 0.1) is 13.7 Å². The zero-order valence-corrected chi connectivity index (χ0v) is 12.7. The van der Waals surface area contributed by atoms with Crippen molar-refractivity contribution in [1.82, 2.24) is 10.2 Å². The summed E-state index contributed by atoms with van der Waals surface area (Å²) in [5, 5.41) is 4.56. The number of piperazine rings is 1. The molecule has 1 saturated heterocycles. The van der Waals surface area contributed by atoms with Crippen molar-refractivity contribution in [3.05, 3.63) is 30.0 Å². The number of benzene rings is 1. The molecule has 0 amide bonds. The first-order chi connectivity index (χ1) is 9.24. The van der Waals surface area contributed by atoms with Crippen LogP contribution in [0.4, 0.5) is 0 Å². The van der Waals surface area contributed by atoms with E-state index < -0.39 is 0 Å². The lowest BCUT2D eigenvalue weighted by Crippen LogP contribution is -2.48. The molecule has 1 atom stereocenters. The smallest absolute Gasteiger partial charge is 0.134 e. The number of rotatable bonds is 3. The fourth-order valence-electron chi connectivity index (χ4n) is 2.66. The van der Waals surface area contributed by atoms with Gasteiger partial charge in [-0.05, 0) is 31.2 Å². The summed E-state index contributed by atoms with van der Waals surface area (Å²) in [5.41, 5.74) is 0.930. The zero-order valence-electron chi connectivity index (χ0n) is 11.9. The van der Waals surface area contributed by atoms with Crippen LogP contribution in [0, 0.1) is 0 Å². The topological polar surface area (TPSA) is 37.6 Å². The molecule has 1 aromatic carbocycles. The van der Waals surface area contributed by atoms with Crippen molar-refractivity contribution in [2.24, 2.45) is 0 Å². The maximum absolute atomic E-state index is 5.89. The monoisotopic (exact) mass is 296 g/mol. The molecule has 110 valence electrons. The van der Waals surface area contributed by atoms with Gasteiger partial charge in [0.25, 0.3) is 0 Å². The van der Waals surface area contributed by atoms with E-state index in [1.807, 2.05) is 18.2 Å². The van der Waals surface area contributed by atoms with Crippen molar-refractivity contribution in [2.45, 2.75) is 19.5 Å². The second kappa shape index (κ2) is 6.48. The molecule has 0 unspecified atom stereocenters. The molecule has 2 heterocycles. The minimum absolute atomic E-state index is 0. The Morgan fingerprint density at radius 2 is 2.25 bits per heavy atom. The predicted octanol–water partition coefficient (Wildman–Crippen LogP) is 2.66. The Hall–Kier alpha value is -1.23. The molecule has 2 aromatic rings. The summed E-state index contributed by atoms with van der Waals surface area (Å²) in [6.45, 7) is 6.29. The van der Waals surface area contributed by atoms with Gasteiger partial charge in [-0.15, -0.1) is 12.4 Å². The van der Waals surface area contributed by atoms with Crippen LogP contribution in [0.1, 0.15) is 12.7 Å². The van der Waals surface area contributed by atoms with Gasteiger partial charge in [-0.25, -0.2) is 0 Å². The Bertz CT molecular complexity index is 570. The number of methoxy groups -OCH3 is 1. The fraction of sp³-hybridized carbons (Fsp3) is 0.467. The fourth-order valence-corrected chi connectivity index (χ4v) is 2.66. The molecule has 0 radical (unpaired) electrons. The van der Waals surface area contributed by atoms with E-state index in [4.69, 9.17) is 9.15 Å². The van der Waals surface area contributed by atoms with Crippen molar-refractivity contribution in [3.63, 3.8) is 0 Å². The average molecular weight is 297 g/mol. The highest BCUT2D eigenvalue weighted by Crippen LogP contribution is 2.25. The van der Waals surface area contributed by atoms with E-state index in [0.717, 1.165) is 48.7 Å². The number of nitrogens with one attached hydrogen (secondary N) is 1. The first kappa shape index (κ1) is 15.2. The zero-order chi connectivity index (χ0) is 13.2. The Balaban J connectivity index is 0.00000147. The van der Waals surface area contributed by atoms with E-state index in [1.165, 1.54) is 0 Å². The van der Waals surface area contributed by atoms with Crippen LogP contribution in [0.2, 0.25) is 0 Å². The minimum Gasteiger partial charge on any atom is -0.497 e. The van der Waals surface area contributed by atoms with Crippen molar-refractivity contribution in [3.8, 4) is 5.75 Å². The molecule has 1 N–H and O–H groups in total. The Labute approximate surface area is 125 Å². The van der Waals surface area contributed by atoms with Crippen LogP contribution in [-0.4, -0.2) is 37.7 Å². The summed E-state index contributed by atoms with van der Waals surface area (Å²) in [6.07, 6.45) is 0. The number of nitrogens with zero attached hydrogens (tertiary/aromatic N) is 1. The largest absolute Gasteiger partial charge is 0.497 e. The Morgan fingerprint density at radius 3 is 3.00 bits per heavy atom. The van der Waals surface area contributed by atoms with Gasteiger partial charge >= 0.3 is 0 Å². The summed E-state index contributed by atoms with van der Waals surface area (Å²) >= 11 is 0. The number of halogens is 1. The third-order valence-electron chi connectivity index (χ3n) is 3.61. The Morgan fingerprint density at radius 1 is 1.40 bits per heavy atom. The van der Waals surface area contributed by atoms with E-state index in [9.17, 15) is 0 Å². The van der Waals surface area contributed by atoms with Gasteiger partial charge in [-0.1, -0.05) is 0 Å². The van der Waals surface area contributed by atoms with Gasteiger partial charge in [-0.3, -0.25) is 4.90 Å². The lowest BCUT2D eigenvalue weighted by atomic mass is 10.2. The van der Waals surface area contributed by atoms with E-state index in [-0.39, 0.29) is 12.4 Å². The second-order valence-electron chi connectivity index (χ2n) is 5.21. The normalized spacial score (nSPS) is 19.8. The maximum Gasteiger partial charge on any atom is 0.134 e. The molecule has 20 heavy (non-hydrogen) atoms. The van der Waals surface area contributed by atoms with E-state index >= 15 is 0 Å². The second-order valence-corrected chi connectivity index (χ2v) is 5.21. The maximum atomic E-state index is 5.89. The minimum atomic E-state index is 0. The average Bonchev–Trinajstić information content (AvgIpc) is 2.79. The van der Waals surface area contributed by atoms with Gasteiger partial charge in [0.1, 0.15) is 17.1 Å². The molecular formula is C15H21ClN2O2. The van der Waals surface area contributed by atoms with Crippen LogP contribution < -0.4 is 10.1 Å². The molecule has 3 rings (SSSR count). The molecule has 1 aliphatic rings. The highest BCUT2D eigenvalue weighted by molar-refractivity contribution is 5.85. The predicted molar refractivity (Wildman–Crippen MR) is 82.8 cm³/mol. The summed E-state index contributed by atoms with van der Waals surface area (Å²) < 4.78 is 11.1. The summed E-state index contributed by atoms with van der Waals surface area (Å²) in [7, 11) is 1.68. The van der Waals surface area contributed by atoms with Crippen molar-refractivity contribution < 1.29 is 9.15 Å². The number of fused-ring (bicyclic) bond motifs is 1. The molecule has 4 nitrogen and oxygen atoms in total. The van der Waals surface area contributed by atoms with Crippen molar-refractivity contribution in [1.29, 1.82) is 0 Å². The van der Waals surface area contributed by atoms with E-state index in [0.29, 0.717) is 6.04 Å². The summed E-state index contributed by atoms with van der Waals surface area (Å²) in [6, 6.07) is 8.59. The third kappa shape index (κ3) is 3.26. The molecule has 0 bridgehead atoms. The number of furan rings is 1. The Kier molecular flexibility index (Phi) is 4.91. The number of ether oxygens (including phenoxy) is 1. The molecular weight excluding hydrogens is 276 g/mol. The molecule has 0 saturated carbocycles. The van der Waals surface area contributed by atoms with Crippen LogP contribution in [0.3, 0.4) is 0 Å². The van der Waals surface area contributed by atoms with Gasteiger partial charge in [0.2, 0.25) is 0 Å². The van der Waals surface area contributed by atoms with Gasteiger partial charge in [0, 0.05) is 31.1 Å². The van der Waals surface area contributed by atoms with Crippen molar-refractivity contribution in [2.75, 3.05) is 26.7 Å². The van der Waals surface area contributed by atoms with Gasteiger partial charge < -0.3 is 14.5 Å². The molecule has 1 aromatic heterocycles. The van der Waals surface area contributed by atoms with E-state index in [1.54, 1.807) is 7.11 Å². The molecule has 0 spiro atoms. The molecule has 0 aliphatic carbocycles. The summed E-state index contributed by atoms with van der Waals surface area (Å²) in [4.78, 5) is 2.43. The van der Waals surface area contributed by atoms with E-state index in [2.05, 4.69) is 23.2 Å². The first-order valence-electron chi connectivity index (χ1n) is 6.77. The van der Waals surface area contributed by atoms with Crippen LogP contribution in [0.15, 0.2) is 28.7 Å². The van der Waals surface area contributed by atoms with Crippen molar-refractivity contribution >= 4 is 23.4 Å². The lowest BCUT2D eigenvalue weighted by Gasteiger charge is -2.30. The quantitative estimate of drug-likeness (QED) is 0.945. The van der Waals surface area contributed by atoms with Crippen LogP contribution in [0.5, 0.6) is 5.75 Å². The number of hydrogen-bond acceptors (Lipinski definition) is 4. The first-order valence-corrected chi connectivity index (χ1v) is 6.77. The third-order valence-corrected chi connectivity index (χ3v) is 3.61. The van der Waals surface area contributed by atoms with Crippen LogP contribution in [0.25, 0.3) is 11.0 Å². The van der Waals surface area contributed by atoms with Crippen LogP contribution in [-0.2, 0) is 6.54 Å². The highest BCUT2D eigenvalue weighted by atomic mass is 35.5. The summed E-state index contributed by atoms with van der Waals surface area (Å²) in [5.74, 6) is 1.90. The molecule has 5 heteroatoms. The standard InChI is InChI=1S/C15H20N2O2.ClH/c1-11-9-17(6-5-16-11)10-14-8-12-7-13(18-2)3-4-15(12)19-14;/h3-4,7-8,11,16H,5-6,9-10H2,1-2H3;1H/t11-;/m1./s1. The molecule has 1 fully saturated rings.